The first-order chi connectivity index (χ1) is 11.2. The Hall–Kier alpha value is 0.860. The number of rotatable bonds is 5. The van der Waals surface area contributed by atoms with E-state index in [-0.39, 0.29) is 0 Å². The first kappa shape index (κ1) is 18.6. The molecule has 3 fully saturated rings. The molecule has 0 heterocycles. The van der Waals surface area contributed by atoms with Crippen LogP contribution in [0.2, 0.25) is 0 Å². The fourth-order valence-corrected chi connectivity index (χ4v) is 9.57. The van der Waals surface area contributed by atoms with Crippen LogP contribution < -0.4 is 0 Å². The second kappa shape index (κ2) is 8.99. The van der Waals surface area contributed by atoms with E-state index < -0.39 is 0 Å². The molecule has 0 aromatic carbocycles. The minimum absolute atomic E-state index is 0.588. The maximum atomic E-state index is 3.53. The topological polar surface area (TPSA) is 0 Å². The molecule has 4 unspecified atom stereocenters. The molecule has 0 aromatic rings. The average Bonchev–Trinajstić information content (AvgIpc) is 2.63. The van der Waals surface area contributed by atoms with E-state index in [2.05, 4.69) is 16.2 Å². The van der Waals surface area contributed by atoms with Crippen LogP contribution in [0.15, 0.2) is 0 Å². The van der Waals surface area contributed by atoms with Crippen LogP contribution >= 0.6 is 17.8 Å². The molecule has 0 spiro atoms. The summed E-state index contributed by atoms with van der Waals surface area (Å²) in [6.45, 7) is 2.66. The smallest absolute Gasteiger partial charge is 0.00798 e. The van der Waals surface area contributed by atoms with Crippen molar-refractivity contribution in [3.05, 3.63) is 0 Å². The molecule has 0 bridgehead atoms. The Kier molecular flexibility index (Phi) is 7.29. The van der Waals surface area contributed by atoms with Gasteiger partial charge in [0.1, 0.15) is 0 Å². The van der Waals surface area contributed by atoms with E-state index in [1.54, 1.807) is 12.8 Å². The lowest BCUT2D eigenvalue weighted by atomic mass is 9.73. The van der Waals surface area contributed by atoms with E-state index in [0.29, 0.717) is 4.90 Å². The summed E-state index contributed by atoms with van der Waals surface area (Å²) in [7, 11) is 4.76. The zero-order valence-corrected chi connectivity index (χ0v) is 17.6. The lowest BCUT2D eigenvalue weighted by molar-refractivity contribution is 0.193. The van der Waals surface area contributed by atoms with E-state index in [1.165, 1.54) is 92.1 Å². The minimum Gasteiger partial charge on any atom is -0.126 e. The fourth-order valence-electron chi connectivity index (χ4n) is 5.83. The van der Waals surface area contributed by atoms with Crippen molar-refractivity contribution in [1.29, 1.82) is 0 Å². The van der Waals surface area contributed by atoms with Gasteiger partial charge in [0.2, 0.25) is 0 Å². The quantitative estimate of drug-likeness (QED) is 0.452. The highest BCUT2D eigenvalue weighted by molar-refractivity contribution is 7.52. The summed E-state index contributed by atoms with van der Waals surface area (Å²) in [4.78, 5) is 0.588. The Morgan fingerprint density at radius 2 is 1.22 bits per heavy atom. The third kappa shape index (κ3) is 4.73. The van der Waals surface area contributed by atoms with Crippen LogP contribution in [-0.4, -0.2) is 10.6 Å². The third-order valence-electron chi connectivity index (χ3n) is 7.45. The van der Waals surface area contributed by atoms with Gasteiger partial charge in [0.25, 0.3) is 0 Å². The molecule has 3 saturated carbocycles. The Labute approximate surface area is 149 Å². The molecule has 0 N–H and O–H groups in total. The number of hydrogen-bond donors (Lipinski definition) is 0. The van der Waals surface area contributed by atoms with Gasteiger partial charge in [-0.15, -0.1) is 17.8 Å². The molecule has 0 aromatic heterocycles. The molecule has 3 aliphatic rings. The molecule has 0 nitrogen and oxygen atoms in total. The van der Waals surface area contributed by atoms with Crippen LogP contribution in [0.25, 0.3) is 0 Å². The molecule has 4 atom stereocenters. The normalized spacial score (nSPS) is 30.5. The molecule has 0 radical (unpaired) electrons. The van der Waals surface area contributed by atoms with Gasteiger partial charge in [-0.1, -0.05) is 77.6 Å². The van der Waals surface area contributed by atoms with Crippen molar-refractivity contribution in [3.63, 3.8) is 0 Å². The van der Waals surface area contributed by atoms with Crippen LogP contribution in [0.3, 0.4) is 0 Å². The van der Waals surface area contributed by atoms with Gasteiger partial charge in [-0.3, -0.25) is 0 Å². The van der Waals surface area contributed by atoms with E-state index in [9.17, 15) is 0 Å². The highest BCUT2D eigenvalue weighted by Crippen LogP contribution is 2.60. The summed E-state index contributed by atoms with van der Waals surface area (Å²) >= 11 is 0. The third-order valence-corrected chi connectivity index (χ3v) is 11.3. The van der Waals surface area contributed by atoms with Gasteiger partial charge in [0, 0.05) is 4.90 Å². The molecule has 0 aliphatic heterocycles. The molecule has 134 valence electrons. The Bertz CT molecular complexity index is 338. The Morgan fingerprint density at radius 3 is 1.78 bits per heavy atom. The minimum atomic E-state index is 0.588. The molecule has 0 saturated heterocycles. The van der Waals surface area contributed by atoms with Crippen molar-refractivity contribution in [3.8, 4) is 0 Å². The number of hydrogen-bond acceptors (Lipinski definition) is 0. The standard InChI is InChI=1S/C21H40P2/c1-17(18-11-5-2-6-12-18)21(22,19-13-7-3-8-14-19)23-20-15-9-4-10-16-20/h17-20,23H,2-16,22H2,1H3. The van der Waals surface area contributed by atoms with Crippen LogP contribution in [0, 0.1) is 17.8 Å². The lowest BCUT2D eigenvalue weighted by Gasteiger charge is -2.49. The fraction of sp³-hybridized carbons (Fsp3) is 1.00. The van der Waals surface area contributed by atoms with Crippen LogP contribution in [0.4, 0.5) is 0 Å². The highest BCUT2D eigenvalue weighted by Gasteiger charge is 2.44. The average molecular weight is 354 g/mol. The van der Waals surface area contributed by atoms with Crippen molar-refractivity contribution in [2.75, 3.05) is 0 Å². The van der Waals surface area contributed by atoms with Crippen LogP contribution in [0.1, 0.15) is 103 Å². The van der Waals surface area contributed by atoms with Crippen LogP contribution in [0.5, 0.6) is 0 Å². The second-order valence-corrected chi connectivity index (χ2v) is 12.4. The predicted octanol–water partition coefficient (Wildman–Crippen LogP) is 7.37. The second-order valence-electron chi connectivity index (χ2n) is 8.93. The van der Waals surface area contributed by atoms with Crippen molar-refractivity contribution < 1.29 is 0 Å². The van der Waals surface area contributed by atoms with Crippen molar-refractivity contribution in [1.82, 2.24) is 0 Å². The van der Waals surface area contributed by atoms with E-state index >= 15 is 0 Å². The molecule has 3 rings (SSSR count). The molecule has 0 amide bonds. The summed E-state index contributed by atoms with van der Waals surface area (Å²) in [5.41, 5.74) is 1.06. The Morgan fingerprint density at radius 1 is 0.739 bits per heavy atom. The molecule has 3 aliphatic carbocycles. The predicted molar refractivity (Wildman–Crippen MR) is 110 cm³/mol. The van der Waals surface area contributed by atoms with Crippen molar-refractivity contribution in [2.45, 2.75) is 114 Å². The van der Waals surface area contributed by atoms with E-state index in [1.807, 2.05) is 0 Å². The van der Waals surface area contributed by atoms with Gasteiger partial charge in [-0.05, 0) is 49.1 Å². The summed E-state index contributed by atoms with van der Waals surface area (Å²) in [6, 6.07) is 0. The van der Waals surface area contributed by atoms with E-state index in [0.717, 1.165) is 23.4 Å². The van der Waals surface area contributed by atoms with Crippen molar-refractivity contribution >= 4 is 17.8 Å². The van der Waals surface area contributed by atoms with Gasteiger partial charge >= 0.3 is 0 Å². The van der Waals surface area contributed by atoms with Crippen molar-refractivity contribution in [2.24, 2.45) is 17.8 Å². The maximum Gasteiger partial charge on any atom is 0.00798 e. The zero-order valence-electron chi connectivity index (χ0n) is 15.5. The summed E-state index contributed by atoms with van der Waals surface area (Å²) in [5.74, 6) is 2.98. The largest absolute Gasteiger partial charge is 0.126 e. The lowest BCUT2D eigenvalue weighted by Crippen LogP contribution is -2.41. The summed E-state index contributed by atoms with van der Waals surface area (Å²) in [5, 5.41) is 0. The summed E-state index contributed by atoms with van der Waals surface area (Å²) < 4.78 is 0. The first-order valence-corrected chi connectivity index (χ1v) is 12.4. The SMILES string of the molecule is CC(C1CCCCC1)C(P)(PC1CCCCC1)C1CCCCC1. The molecule has 23 heavy (non-hydrogen) atoms. The summed E-state index contributed by atoms with van der Waals surface area (Å²) in [6.07, 6.45) is 22.8. The molecular weight excluding hydrogens is 314 g/mol. The van der Waals surface area contributed by atoms with Gasteiger partial charge in [0.05, 0.1) is 0 Å². The van der Waals surface area contributed by atoms with Crippen LogP contribution in [-0.2, 0) is 0 Å². The van der Waals surface area contributed by atoms with E-state index in [4.69, 9.17) is 0 Å². The maximum absolute atomic E-state index is 3.53. The highest BCUT2D eigenvalue weighted by atomic mass is 31.1. The van der Waals surface area contributed by atoms with Gasteiger partial charge in [-0.2, -0.15) is 0 Å². The van der Waals surface area contributed by atoms with Gasteiger partial charge < -0.3 is 0 Å². The first-order valence-electron chi connectivity index (χ1n) is 10.8. The Balaban J connectivity index is 1.72. The molecular formula is C21H40P2. The van der Waals surface area contributed by atoms with Gasteiger partial charge in [-0.25, -0.2) is 0 Å². The zero-order chi connectivity index (χ0) is 16.1. The monoisotopic (exact) mass is 354 g/mol. The van der Waals surface area contributed by atoms with Gasteiger partial charge in [0.15, 0.2) is 0 Å². The molecule has 2 heteroatoms.